The Hall–Kier alpha value is -3.94. The van der Waals surface area contributed by atoms with Crippen molar-refractivity contribution in [3.05, 3.63) is 77.5 Å². The van der Waals surface area contributed by atoms with Gasteiger partial charge in [-0.05, 0) is 43.3 Å². The van der Waals surface area contributed by atoms with Crippen molar-refractivity contribution in [1.82, 2.24) is 15.0 Å². The quantitative estimate of drug-likeness (QED) is 0.430. The highest BCUT2D eigenvalue weighted by Crippen LogP contribution is 2.18. The fourth-order valence-corrected chi connectivity index (χ4v) is 2.88. The van der Waals surface area contributed by atoms with Gasteiger partial charge in [-0.25, -0.2) is 4.98 Å². The molecule has 8 heteroatoms. The normalized spacial score (nSPS) is 10.9. The molecule has 0 aliphatic heterocycles. The van der Waals surface area contributed by atoms with Gasteiger partial charge >= 0.3 is 0 Å². The maximum absolute atomic E-state index is 12.6. The number of nitrogens with zero attached hydrogens (tertiary/aromatic N) is 3. The van der Waals surface area contributed by atoms with E-state index in [1.165, 1.54) is 17.9 Å². The van der Waals surface area contributed by atoms with Crippen LogP contribution in [-0.4, -0.2) is 33.8 Å². The second kappa shape index (κ2) is 8.20. The maximum atomic E-state index is 12.6. The van der Waals surface area contributed by atoms with Crippen LogP contribution in [0.3, 0.4) is 0 Å². The lowest BCUT2D eigenvalue weighted by molar-refractivity contribution is 0.0762. The lowest BCUT2D eigenvalue weighted by atomic mass is 10.1. The van der Waals surface area contributed by atoms with Crippen LogP contribution in [0.15, 0.2) is 63.5 Å². The third-order valence-corrected chi connectivity index (χ3v) is 4.48. The van der Waals surface area contributed by atoms with Gasteiger partial charge in [-0.1, -0.05) is 17.3 Å². The molecule has 0 aliphatic rings. The minimum absolute atomic E-state index is 0.0121. The number of hydrogen-bond donors (Lipinski definition) is 0. The zero-order valence-corrected chi connectivity index (χ0v) is 16.5. The minimum atomic E-state index is -0.321. The van der Waals surface area contributed by atoms with Crippen LogP contribution in [0.2, 0.25) is 0 Å². The Balaban J connectivity index is 1.36. The van der Waals surface area contributed by atoms with E-state index in [4.69, 9.17) is 13.7 Å². The van der Waals surface area contributed by atoms with Crippen LogP contribution in [0.5, 0.6) is 5.75 Å². The van der Waals surface area contributed by atoms with E-state index >= 15 is 0 Å². The molecule has 8 nitrogen and oxygen atoms in total. The first kappa shape index (κ1) is 19.4. The highest BCUT2D eigenvalue weighted by Gasteiger charge is 2.19. The third kappa shape index (κ3) is 4.22. The first-order chi connectivity index (χ1) is 14.5. The van der Waals surface area contributed by atoms with Crippen LogP contribution in [0.1, 0.15) is 39.4 Å². The molecule has 4 rings (SSSR count). The number of amides is 1. The number of benzene rings is 2. The predicted octanol–water partition coefficient (Wildman–Crippen LogP) is 3.87. The first-order valence-electron chi connectivity index (χ1n) is 9.29. The molecule has 0 atom stereocenters. The summed E-state index contributed by atoms with van der Waals surface area (Å²) in [4.78, 5) is 29.7. The monoisotopic (exact) mass is 405 g/mol. The summed E-state index contributed by atoms with van der Waals surface area (Å²) in [7, 11) is 1.64. The summed E-state index contributed by atoms with van der Waals surface area (Å²) in [5, 5.41) is 3.83. The smallest absolute Gasteiger partial charge is 0.276 e. The van der Waals surface area contributed by atoms with E-state index in [-0.39, 0.29) is 30.5 Å². The number of ether oxygens (including phenoxy) is 1. The van der Waals surface area contributed by atoms with Crippen molar-refractivity contribution in [3.63, 3.8) is 0 Å². The molecule has 2 heterocycles. The zero-order valence-electron chi connectivity index (χ0n) is 16.5. The lowest BCUT2D eigenvalue weighted by Gasteiger charge is -2.12. The summed E-state index contributed by atoms with van der Waals surface area (Å²) in [6.07, 6.45) is 0. The standard InChI is InChI=1S/C22H19N3O5/c1-14(26)15-7-9-16(10-8-15)28-13-17-11-19(24-30-17)22(27)25(2)12-21-23-18-5-3-4-6-20(18)29-21/h3-11H,12-13H2,1-2H3. The number of aromatic nitrogens is 2. The molecule has 0 fully saturated rings. The van der Waals surface area contributed by atoms with Crippen molar-refractivity contribution in [2.45, 2.75) is 20.1 Å². The Morgan fingerprint density at radius 3 is 2.60 bits per heavy atom. The molecular weight excluding hydrogens is 386 g/mol. The van der Waals surface area contributed by atoms with Gasteiger partial charge in [-0.3, -0.25) is 9.59 Å². The summed E-state index contributed by atoms with van der Waals surface area (Å²) in [5.74, 6) is 1.09. The van der Waals surface area contributed by atoms with Crippen molar-refractivity contribution < 1.29 is 23.3 Å². The zero-order chi connectivity index (χ0) is 21.1. The van der Waals surface area contributed by atoms with Crippen molar-refractivity contribution in [2.24, 2.45) is 0 Å². The predicted molar refractivity (Wildman–Crippen MR) is 107 cm³/mol. The molecule has 0 radical (unpaired) electrons. The molecule has 4 aromatic rings. The Morgan fingerprint density at radius 1 is 1.10 bits per heavy atom. The third-order valence-electron chi connectivity index (χ3n) is 4.48. The van der Waals surface area contributed by atoms with E-state index in [0.29, 0.717) is 28.5 Å². The summed E-state index contributed by atoms with van der Waals surface area (Å²) >= 11 is 0. The summed E-state index contributed by atoms with van der Waals surface area (Å²) in [5.41, 5.74) is 2.19. The summed E-state index contributed by atoms with van der Waals surface area (Å²) in [6, 6.07) is 15.7. The molecule has 0 N–H and O–H groups in total. The molecule has 0 unspecified atom stereocenters. The van der Waals surface area contributed by atoms with Gasteiger partial charge in [0.15, 0.2) is 22.8 Å². The molecule has 2 aromatic carbocycles. The van der Waals surface area contributed by atoms with E-state index in [1.54, 1.807) is 31.3 Å². The van der Waals surface area contributed by atoms with Gasteiger partial charge in [0.05, 0.1) is 6.54 Å². The van der Waals surface area contributed by atoms with Crippen molar-refractivity contribution in [1.29, 1.82) is 0 Å². The molecule has 2 aromatic heterocycles. The van der Waals surface area contributed by atoms with E-state index in [2.05, 4.69) is 10.1 Å². The van der Waals surface area contributed by atoms with Crippen LogP contribution in [0.4, 0.5) is 0 Å². The molecular formula is C22H19N3O5. The molecule has 0 bridgehead atoms. The Kier molecular flexibility index (Phi) is 5.30. The number of hydrogen-bond acceptors (Lipinski definition) is 7. The number of para-hydroxylation sites is 2. The number of fused-ring (bicyclic) bond motifs is 1. The van der Waals surface area contributed by atoms with Gasteiger partial charge in [0.2, 0.25) is 5.89 Å². The van der Waals surface area contributed by atoms with E-state index in [1.807, 2.05) is 24.3 Å². The van der Waals surface area contributed by atoms with Crippen LogP contribution in [0, 0.1) is 0 Å². The second-order valence-corrected chi connectivity index (χ2v) is 6.78. The van der Waals surface area contributed by atoms with Crippen LogP contribution < -0.4 is 4.74 Å². The first-order valence-corrected chi connectivity index (χ1v) is 9.29. The Morgan fingerprint density at radius 2 is 1.87 bits per heavy atom. The molecule has 1 amide bonds. The number of carbonyl (C=O) groups excluding carboxylic acids is 2. The topological polar surface area (TPSA) is 98.7 Å². The lowest BCUT2D eigenvalue weighted by Crippen LogP contribution is -2.26. The van der Waals surface area contributed by atoms with Gasteiger partial charge in [0.1, 0.15) is 17.9 Å². The molecule has 0 spiro atoms. The van der Waals surface area contributed by atoms with Crippen LogP contribution >= 0.6 is 0 Å². The van der Waals surface area contributed by atoms with Crippen LogP contribution in [-0.2, 0) is 13.2 Å². The molecule has 0 saturated heterocycles. The number of Topliss-reactive ketones (excluding diaryl/α,β-unsaturated/α-hetero) is 1. The van der Waals surface area contributed by atoms with Gasteiger partial charge in [0.25, 0.3) is 5.91 Å². The number of carbonyl (C=O) groups is 2. The maximum Gasteiger partial charge on any atom is 0.276 e. The van der Waals surface area contributed by atoms with E-state index in [0.717, 1.165) is 5.52 Å². The van der Waals surface area contributed by atoms with Gasteiger partial charge in [0, 0.05) is 18.7 Å². The van der Waals surface area contributed by atoms with Crippen LogP contribution in [0.25, 0.3) is 11.1 Å². The second-order valence-electron chi connectivity index (χ2n) is 6.78. The average Bonchev–Trinajstić information content (AvgIpc) is 3.38. The van der Waals surface area contributed by atoms with Gasteiger partial charge in [-0.15, -0.1) is 0 Å². The van der Waals surface area contributed by atoms with Gasteiger partial charge in [-0.2, -0.15) is 0 Å². The average molecular weight is 405 g/mol. The Bertz CT molecular complexity index is 1160. The molecule has 152 valence electrons. The van der Waals surface area contributed by atoms with Crippen molar-refractivity contribution in [3.8, 4) is 5.75 Å². The molecule has 0 aliphatic carbocycles. The number of oxazole rings is 1. The highest BCUT2D eigenvalue weighted by molar-refractivity contribution is 5.94. The van der Waals surface area contributed by atoms with E-state index < -0.39 is 0 Å². The SMILES string of the molecule is CC(=O)c1ccc(OCc2cc(C(=O)N(C)Cc3nc4ccccc4o3)no2)cc1. The van der Waals surface area contributed by atoms with Crippen molar-refractivity contribution in [2.75, 3.05) is 7.05 Å². The minimum Gasteiger partial charge on any atom is -0.486 e. The molecule has 30 heavy (non-hydrogen) atoms. The molecule has 0 saturated carbocycles. The van der Waals surface area contributed by atoms with Gasteiger partial charge < -0.3 is 18.6 Å². The fourth-order valence-electron chi connectivity index (χ4n) is 2.88. The fraction of sp³-hybridized carbons (Fsp3) is 0.182. The summed E-state index contributed by atoms with van der Waals surface area (Å²) < 4.78 is 16.5. The highest BCUT2D eigenvalue weighted by atomic mass is 16.5. The number of ketones is 1. The van der Waals surface area contributed by atoms with Crippen molar-refractivity contribution >= 4 is 22.8 Å². The largest absolute Gasteiger partial charge is 0.486 e. The summed E-state index contributed by atoms with van der Waals surface area (Å²) in [6.45, 7) is 1.81. The van der Waals surface area contributed by atoms with E-state index in [9.17, 15) is 9.59 Å². The number of rotatable bonds is 7. The Labute approximate surface area is 172 Å².